The summed E-state index contributed by atoms with van der Waals surface area (Å²) in [6.45, 7) is 18.0. The van der Waals surface area contributed by atoms with Crippen LogP contribution >= 0.6 is 0 Å². The smallest absolute Gasteiger partial charge is 0.154 e. The van der Waals surface area contributed by atoms with Crippen LogP contribution in [0.15, 0.2) is 30.3 Å². The molecule has 0 spiro atoms. The molecule has 0 heterocycles. The van der Waals surface area contributed by atoms with E-state index in [4.69, 9.17) is 0 Å². The van der Waals surface area contributed by atoms with Crippen molar-refractivity contribution in [3.63, 3.8) is 0 Å². The summed E-state index contributed by atoms with van der Waals surface area (Å²) in [6, 6.07) is 11.3. The Hall–Kier alpha value is -0.763. The van der Waals surface area contributed by atoms with Crippen molar-refractivity contribution in [1.82, 2.24) is 0 Å². The lowest BCUT2D eigenvalue weighted by Crippen LogP contribution is -2.62. The third-order valence-corrected chi connectivity index (χ3v) is 14.0. The largest absolute Gasteiger partial charge is 0.393 e. The van der Waals surface area contributed by atoms with Gasteiger partial charge in [0.25, 0.3) is 0 Å². The number of rotatable bonds is 3. The van der Waals surface area contributed by atoms with Crippen molar-refractivity contribution in [3.05, 3.63) is 30.3 Å². The number of hydrogen-bond donors (Lipinski definition) is 0. The van der Waals surface area contributed by atoms with Crippen LogP contribution in [-0.2, 0) is 0 Å². The molecule has 162 valence electrons. The summed E-state index contributed by atoms with van der Waals surface area (Å²) in [6.07, 6.45) is 9.08. The third-order valence-electron chi connectivity index (χ3n) is 9.37. The number of hydrogen-bond acceptors (Lipinski definition) is 1. The molecule has 1 nitrogen and oxygen atoms in total. The van der Waals surface area contributed by atoms with Crippen molar-refractivity contribution in [1.29, 1.82) is 0 Å². The summed E-state index contributed by atoms with van der Waals surface area (Å²) in [4.78, 5) is 0. The van der Waals surface area contributed by atoms with E-state index in [0.29, 0.717) is 0 Å². The van der Waals surface area contributed by atoms with Gasteiger partial charge < -0.3 is 4.57 Å². The van der Waals surface area contributed by atoms with E-state index in [2.05, 4.69) is 82.6 Å². The zero-order valence-electron chi connectivity index (χ0n) is 20.1. The molecule has 3 fully saturated rings. The summed E-state index contributed by atoms with van der Waals surface area (Å²) in [5.41, 5.74) is 2.52. The molecular weight excluding hydrogens is 366 g/mol. The van der Waals surface area contributed by atoms with E-state index in [1.54, 1.807) is 0 Å². The van der Waals surface area contributed by atoms with Crippen molar-refractivity contribution in [3.8, 4) is 0 Å². The Bertz CT molecular complexity index is 690. The fraction of sp³-hybridized carbons (Fsp3) is 0.778. The van der Waals surface area contributed by atoms with E-state index < -0.39 is 8.24 Å². The van der Waals surface area contributed by atoms with E-state index >= 15 is 0 Å². The molecule has 0 bridgehead atoms. The van der Waals surface area contributed by atoms with Gasteiger partial charge in [0, 0.05) is 11.2 Å². The lowest BCUT2D eigenvalue weighted by molar-refractivity contribution is 0.0501. The van der Waals surface area contributed by atoms with E-state index in [1.165, 1.54) is 44.2 Å². The van der Waals surface area contributed by atoms with Gasteiger partial charge in [0.05, 0.1) is 0 Å². The van der Waals surface area contributed by atoms with Gasteiger partial charge in [-0.25, -0.2) is 0 Å². The van der Waals surface area contributed by atoms with Gasteiger partial charge in [-0.1, -0.05) is 64.4 Å². The molecule has 3 aliphatic rings. The van der Waals surface area contributed by atoms with Crippen LogP contribution in [-0.4, -0.2) is 13.8 Å². The molecule has 7 unspecified atom stereocenters. The SMILES string of the molecule is CC1C(C)C([Si](C)(C)N(c2ccccc2)C(C)(C)C)C2CCC3CCCCC3C12. The molecule has 0 aromatic heterocycles. The van der Waals surface area contributed by atoms with Crippen LogP contribution in [0.5, 0.6) is 0 Å². The van der Waals surface area contributed by atoms with Crippen LogP contribution in [0.25, 0.3) is 0 Å². The van der Waals surface area contributed by atoms with Crippen molar-refractivity contribution in [2.45, 2.75) is 97.3 Å². The Kier molecular flexibility index (Phi) is 5.73. The second kappa shape index (κ2) is 7.73. The molecule has 4 rings (SSSR count). The highest BCUT2D eigenvalue weighted by Crippen LogP contribution is 2.64. The average Bonchev–Trinajstić information content (AvgIpc) is 2.93. The standard InChI is InChI=1S/C27H45NSi/c1-19-20(2)26(24-18-17-21-13-11-12-16-23(21)25(19)24)29(6,7)28(27(3,4)5)22-14-9-8-10-15-22/h8-10,14-15,19-21,23-26H,11-13,16-18H2,1-7H3. The predicted octanol–water partition coefficient (Wildman–Crippen LogP) is 7.99. The number of fused-ring (bicyclic) bond motifs is 3. The van der Waals surface area contributed by atoms with Crippen LogP contribution in [0, 0.1) is 35.5 Å². The number of benzene rings is 1. The summed E-state index contributed by atoms with van der Waals surface area (Å²) in [5, 5.41) is 0. The molecule has 1 aromatic carbocycles. The average molecular weight is 412 g/mol. The van der Waals surface area contributed by atoms with Crippen LogP contribution in [0.1, 0.15) is 73.1 Å². The Labute approximate surface area is 181 Å². The van der Waals surface area contributed by atoms with Gasteiger partial charge in [-0.2, -0.15) is 0 Å². The molecule has 2 heteroatoms. The van der Waals surface area contributed by atoms with Crippen LogP contribution in [0.3, 0.4) is 0 Å². The van der Waals surface area contributed by atoms with Gasteiger partial charge >= 0.3 is 0 Å². The molecule has 3 saturated carbocycles. The number of para-hydroxylation sites is 1. The van der Waals surface area contributed by atoms with Crippen LogP contribution in [0.2, 0.25) is 18.6 Å². The quantitative estimate of drug-likeness (QED) is 0.455. The summed E-state index contributed by atoms with van der Waals surface area (Å²) >= 11 is 0. The maximum Gasteiger partial charge on any atom is 0.154 e. The first kappa shape index (κ1) is 21.5. The lowest BCUT2D eigenvalue weighted by Gasteiger charge is -2.54. The zero-order chi connectivity index (χ0) is 21.0. The van der Waals surface area contributed by atoms with Gasteiger partial charge in [-0.05, 0) is 93.2 Å². The molecule has 0 amide bonds. The van der Waals surface area contributed by atoms with Gasteiger partial charge in [0.15, 0.2) is 8.24 Å². The molecule has 0 saturated heterocycles. The van der Waals surface area contributed by atoms with Crippen LogP contribution < -0.4 is 4.57 Å². The monoisotopic (exact) mass is 411 g/mol. The van der Waals surface area contributed by atoms with Crippen molar-refractivity contribution >= 4 is 13.9 Å². The maximum atomic E-state index is 2.91. The molecule has 7 atom stereocenters. The van der Waals surface area contributed by atoms with Crippen molar-refractivity contribution in [2.24, 2.45) is 35.5 Å². The Morgan fingerprint density at radius 1 is 0.828 bits per heavy atom. The van der Waals surface area contributed by atoms with Gasteiger partial charge in [-0.3, -0.25) is 0 Å². The minimum Gasteiger partial charge on any atom is -0.393 e. The van der Waals surface area contributed by atoms with Gasteiger partial charge in [-0.15, -0.1) is 0 Å². The van der Waals surface area contributed by atoms with E-state index in [0.717, 1.165) is 41.0 Å². The highest BCUT2D eigenvalue weighted by Gasteiger charge is 2.59. The second-order valence-corrected chi connectivity index (χ2v) is 16.7. The molecule has 0 aliphatic heterocycles. The topological polar surface area (TPSA) is 3.24 Å². The van der Waals surface area contributed by atoms with Crippen molar-refractivity contribution < 1.29 is 0 Å². The van der Waals surface area contributed by atoms with E-state index in [-0.39, 0.29) is 5.54 Å². The normalized spacial score (nSPS) is 37.7. The van der Waals surface area contributed by atoms with E-state index in [1.807, 2.05) is 0 Å². The fourth-order valence-corrected chi connectivity index (χ4v) is 14.6. The van der Waals surface area contributed by atoms with E-state index in [9.17, 15) is 0 Å². The van der Waals surface area contributed by atoms with Crippen LogP contribution in [0.4, 0.5) is 5.69 Å². The third kappa shape index (κ3) is 3.62. The van der Waals surface area contributed by atoms with Gasteiger partial charge in [0.1, 0.15) is 0 Å². The Morgan fingerprint density at radius 2 is 1.48 bits per heavy atom. The molecule has 3 aliphatic carbocycles. The fourth-order valence-electron chi connectivity index (χ4n) is 8.76. The highest BCUT2D eigenvalue weighted by atomic mass is 28.3. The minimum absolute atomic E-state index is 0.167. The summed E-state index contributed by atoms with van der Waals surface area (Å²) < 4.78 is 2.91. The van der Waals surface area contributed by atoms with Crippen molar-refractivity contribution in [2.75, 3.05) is 4.57 Å². The minimum atomic E-state index is -1.71. The Balaban J connectivity index is 1.72. The first-order chi connectivity index (χ1) is 13.6. The predicted molar refractivity (Wildman–Crippen MR) is 130 cm³/mol. The highest BCUT2D eigenvalue weighted by molar-refractivity contribution is 6.82. The molecular formula is C27H45NSi. The van der Waals surface area contributed by atoms with Gasteiger partial charge in [0.2, 0.25) is 0 Å². The lowest BCUT2D eigenvalue weighted by atomic mass is 9.61. The first-order valence-corrected chi connectivity index (χ1v) is 15.5. The molecule has 0 radical (unpaired) electrons. The molecule has 1 aromatic rings. The summed E-state index contributed by atoms with van der Waals surface area (Å²) in [7, 11) is -1.71. The molecule has 0 N–H and O–H groups in total. The second-order valence-electron chi connectivity index (χ2n) is 12.3. The Morgan fingerprint density at radius 3 is 2.14 bits per heavy atom. The first-order valence-electron chi connectivity index (χ1n) is 12.5. The summed E-state index contributed by atoms with van der Waals surface area (Å²) in [5.74, 6) is 5.82. The molecule has 29 heavy (non-hydrogen) atoms. The number of nitrogens with zero attached hydrogens (tertiary/aromatic N) is 1. The number of anilines is 1. The zero-order valence-corrected chi connectivity index (χ0v) is 21.1. The maximum absolute atomic E-state index is 2.91.